The van der Waals surface area contributed by atoms with E-state index >= 15 is 0 Å². The van der Waals surface area contributed by atoms with Crippen LogP contribution in [0.5, 0.6) is 5.75 Å². The van der Waals surface area contributed by atoms with Crippen molar-refractivity contribution in [1.29, 1.82) is 0 Å². The quantitative estimate of drug-likeness (QED) is 0.628. The average molecular weight is 279 g/mol. The molecule has 3 nitrogen and oxygen atoms in total. The third kappa shape index (κ3) is 7.51. The largest absolute Gasteiger partial charge is 0.493 e. The van der Waals surface area contributed by atoms with Crippen LogP contribution < -0.4 is 10.5 Å². The number of hydrogen-bond donors (Lipinski definition) is 1. The van der Waals surface area contributed by atoms with Crippen molar-refractivity contribution in [3.8, 4) is 5.75 Å². The molecule has 0 spiro atoms. The molecule has 0 unspecified atom stereocenters. The summed E-state index contributed by atoms with van der Waals surface area (Å²) < 4.78 is 11.3. The van der Waals surface area contributed by atoms with Gasteiger partial charge in [-0.05, 0) is 49.4 Å². The van der Waals surface area contributed by atoms with Gasteiger partial charge in [-0.15, -0.1) is 0 Å². The maximum Gasteiger partial charge on any atom is 0.119 e. The van der Waals surface area contributed by atoms with Crippen molar-refractivity contribution in [2.45, 2.75) is 45.4 Å². The number of hydrogen-bond acceptors (Lipinski definition) is 3. The van der Waals surface area contributed by atoms with Crippen LogP contribution in [-0.4, -0.2) is 26.4 Å². The third-order valence-electron chi connectivity index (χ3n) is 3.22. The molecule has 0 bridgehead atoms. The summed E-state index contributed by atoms with van der Waals surface area (Å²) in [6.07, 6.45) is 4.30. The van der Waals surface area contributed by atoms with Gasteiger partial charge in [-0.25, -0.2) is 0 Å². The summed E-state index contributed by atoms with van der Waals surface area (Å²) in [6, 6.07) is 8.33. The van der Waals surface area contributed by atoms with E-state index in [-0.39, 0.29) is 0 Å². The molecule has 3 heteroatoms. The Balaban J connectivity index is 2.05. The molecular weight excluding hydrogens is 250 g/mol. The van der Waals surface area contributed by atoms with Crippen LogP contribution in [0.1, 0.15) is 51.0 Å². The van der Waals surface area contributed by atoms with Gasteiger partial charge >= 0.3 is 0 Å². The van der Waals surface area contributed by atoms with Gasteiger partial charge in [0.1, 0.15) is 5.75 Å². The van der Waals surface area contributed by atoms with Crippen molar-refractivity contribution in [2.75, 3.05) is 26.4 Å². The van der Waals surface area contributed by atoms with Gasteiger partial charge in [0.25, 0.3) is 0 Å². The second-order valence-electron chi connectivity index (χ2n) is 5.39. The van der Waals surface area contributed by atoms with Crippen molar-refractivity contribution in [1.82, 2.24) is 0 Å². The molecule has 0 aromatic heterocycles. The topological polar surface area (TPSA) is 44.5 Å². The Kier molecular flexibility index (Phi) is 9.09. The SMILES string of the molecule is CC(C)c1cccc(OCCCOCCCCCN)c1. The number of unbranched alkanes of at least 4 members (excludes halogenated alkanes) is 2. The lowest BCUT2D eigenvalue weighted by Gasteiger charge is -2.10. The van der Waals surface area contributed by atoms with Crippen molar-refractivity contribution >= 4 is 0 Å². The highest BCUT2D eigenvalue weighted by molar-refractivity contribution is 5.30. The molecule has 0 saturated carbocycles. The van der Waals surface area contributed by atoms with Crippen molar-refractivity contribution in [3.63, 3.8) is 0 Å². The summed E-state index contributed by atoms with van der Waals surface area (Å²) in [6.45, 7) is 7.48. The second-order valence-corrected chi connectivity index (χ2v) is 5.39. The van der Waals surface area contributed by atoms with E-state index < -0.39 is 0 Å². The van der Waals surface area contributed by atoms with E-state index in [1.165, 1.54) is 5.56 Å². The van der Waals surface area contributed by atoms with Gasteiger partial charge in [-0.3, -0.25) is 0 Å². The molecule has 1 rings (SSSR count). The summed E-state index contributed by atoms with van der Waals surface area (Å²) in [4.78, 5) is 0. The Hall–Kier alpha value is -1.06. The van der Waals surface area contributed by atoms with E-state index in [1.54, 1.807) is 0 Å². The Morgan fingerprint density at radius 1 is 1.00 bits per heavy atom. The minimum absolute atomic E-state index is 0.537. The Labute approximate surface area is 123 Å². The summed E-state index contributed by atoms with van der Waals surface area (Å²) >= 11 is 0. The van der Waals surface area contributed by atoms with E-state index in [4.69, 9.17) is 15.2 Å². The molecule has 1 aromatic carbocycles. The van der Waals surface area contributed by atoms with Crippen LogP contribution in [0.25, 0.3) is 0 Å². The molecule has 0 aliphatic heterocycles. The lowest BCUT2D eigenvalue weighted by molar-refractivity contribution is 0.116. The van der Waals surface area contributed by atoms with Crippen molar-refractivity contribution < 1.29 is 9.47 Å². The minimum atomic E-state index is 0.537. The summed E-state index contributed by atoms with van der Waals surface area (Å²) in [5.74, 6) is 1.49. The van der Waals surface area contributed by atoms with Gasteiger partial charge in [0.2, 0.25) is 0 Å². The maximum atomic E-state index is 5.75. The first-order chi connectivity index (χ1) is 9.74. The van der Waals surface area contributed by atoms with Gasteiger partial charge in [-0.2, -0.15) is 0 Å². The standard InChI is InChI=1S/C17H29NO2/c1-15(2)16-8-6-9-17(14-16)20-13-7-12-19-11-5-3-4-10-18/h6,8-9,14-15H,3-5,7,10-13,18H2,1-2H3. The second kappa shape index (κ2) is 10.7. The number of rotatable bonds is 11. The van der Waals surface area contributed by atoms with Crippen LogP contribution in [-0.2, 0) is 4.74 Å². The fourth-order valence-electron chi connectivity index (χ4n) is 1.94. The zero-order valence-electron chi connectivity index (χ0n) is 12.9. The van der Waals surface area contributed by atoms with E-state index in [0.29, 0.717) is 12.5 Å². The van der Waals surface area contributed by atoms with Gasteiger partial charge in [0, 0.05) is 19.6 Å². The van der Waals surface area contributed by atoms with E-state index in [2.05, 4.69) is 32.0 Å². The van der Waals surface area contributed by atoms with Crippen LogP contribution in [0, 0.1) is 0 Å². The summed E-state index contributed by atoms with van der Waals surface area (Å²) in [7, 11) is 0. The van der Waals surface area contributed by atoms with E-state index in [9.17, 15) is 0 Å². The highest BCUT2D eigenvalue weighted by Crippen LogP contribution is 2.20. The molecule has 0 amide bonds. The normalized spacial score (nSPS) is 11.0. The van der Waals surface area contributed by atoms with Crippen molar-refractivity contribution in [2.24, 2.45) is 5.73 Å². The zero-order chi connectivity index (χ0) is 14.6. The van der Waals surface area contributed by atoms with Crippen LogP contribution in [0.4, 0.5) is 0 Å². The fourth-order valence-corrected chi connectivity index (χ4v) is 1.94. The highest BCUT2D eigenvalue weighted by Gasteiger charge is 2.00. The zero-order valence-corrected chi connectivity index (χ0v) is 12.9. The molecule has 0 atom stereocenters. The molecule has 0 fully saturated rings. The maximum absolute atomic E-state index is 5.75. The first-order valence-corrected chi connectivity index (χ1v) is 7.74. The van der Waals surface area contributed by atoms with E-state index in [1.807, 2.05) is 6.07 Å². The fraction of sp³-hybridized carbons (Fsp3) is 0.647. The van der Waals surface area contributed by atoms with E-state index in [0.717, 1.165) is 51.2 Å². The first-order valence-electron chi connectivity index (χ1n) is 7.74. The smallest absolute Gasteiger partial charge is 0.119 e. The average Bonchev–Trinajstić information content (AvgIpc) is 2.46. The predicted octanol–water partition coefficient (Wildman–Crippen LogP) is 3.72. The van der Waals surface area contributed by atoms with Crippen LogP contribution in [0.2, 0.25) is 0 Å². The summed E-state index contributed by atoms with van der Waals surface area (Å²) in [5.41, 5.74) is 6.75. The molecule has 0 aliphatic carbocycles. The predicted molar refractivity (Wildman–Crippen MR) is 84.4 cm³/mol. The lowest BCUT2D eigenvalue weighted by atomic mass is 10.0. The van der Waals surface area contributed by atoms with Gasteiger partial charge in [-0.1, -0.05) is 26.0 Å². The molecule has 114 valence electrons. The first kappa shape index (κ1) is 17.0. The van der Waals surface area contributed by atoms with Crippen LogP contribution >= 0.6 is 0 Å². The minimum Gasteiger partial charge on any atom is -0.493 e. The molecule has 0 saturated heterocycles. The molecular formula is C17H29NO2. The Morgan fingerprint density at radius 3 is 2.55 bits per heavy atom. The molecule has 0 aliphatic rings. The lowest BCUT2D eigenvalue weighted by Crippen LogP contribution is -2.05. The third-order valence-corrected chi connectivity index (χ3v) is 3.22. The molecule has 0 radical (unpaired) electrons. The monoisotopic (exact) mass is 279 g/mol. The van der Waals surface area contributed by atoms with Crippen LogP contribution in [0.3, 0.4) is 0 Å². The molecule has 20 heavy (non-hydrogen) atoms. The Bertz CT molecular complexity index is 353. The number of benzene rings is 1. The van der Waals surface area contributed by atoms with Gasteiger partial charge in [0.15, 0.2) is 0 Å². The molecule has 1 aromatic rings. The number of ether oxygens (including phenoxy) is 2. The number of nitrogens with two attached hydrogens (primary N) is 1. The molecule has 0 heterocycles. The summed E-state index contributed by atoms with van der Waals surface area (Å²) in [5, 5.41) is 0. The Morgan fingerprint density at radius 2 is 1.80 bits per heavy atom. The highest BCUT2D eigenvalue weighted by atomic mass is 16.5. The van der Waals surface area contributed by atoms with Gasteiger partial charge < -0.3 is 15.2 Å². The van der Waals surface area contributed by atoms with Gasteiger partial charge in [0.05, 0.1) is 6.61 Å². The van der Waals surface area contributed by atoms with Crippen LogP contribution in [0.15, 0.2) is 24.3 Å². The molecule has 2 N–H and O–H groups in total. The van der Waals surface area contributed by atoms with Crippen molar-refractivity contribution in [3.05, 3.63) is 29.8 Å².